The Morgan fingerprint density at radius 3 is 2.61 bits per heavy atom. The number of aromatic nitrogens is 3. The van der Waals surface area contributed by atoms with E-state index in [0.29, 0.717) is 23.9 Å². The van der Waals surface area contributed by atoms with Crippen LogP contribution < -0.4 is 9.47 Å². The SMILES string of the molecule is Cn1c(SCC(=O)N2CCCCCCC2)nnc1[C@H]1COc2ccccc2O1. The largest absolute Gasteiger partial charge is 0.485 e. The van der Waals surface area contributed by atoms with Crippen molar-refractivity contribution in [2.45, 2.75) is 43.4 Å². The zero-order valence-corrected chi connectivity index (χ0v) is 17.0. The molecule has 1 saturated heterocycles. The summed E-state index contributed by atoms with van der Waals surface area (Å²) in [4.78, 5) is 14.6. The molecule has 0 aliphatic carbocycles. The summed E-state index contributed by atoms with van der Waals surface area (Å²) in [7, 11) is 1.90. The molecule has 0 saturated carbocycles. The van der Waals surface area contributed by atoms with Gasteiger partial charge in [0, 0.05) is 20.1 Å². The van der Waals surface area contributed by atoms with Crippen LogP contribution in [0.2, 0.25) is 0 Å². The monoisotopic (exact) mass is 402 g/mol. The normalized spacial score (nSPS) is 19.8. The highest BCUT2D eigenvalue weighted by Gasteiger charge is 2.27. The van der Waals surface area contributed by atoms with Crippen LogP contribution in [0.25, 0.3) is 0 Å². The standard InChI is InChI=1S/C20H26N4O3S/c1-23-19(17-13-26-15-9-5-6-10-16(15)27-17)21-22-20(23)28-14-18(25)24-11-7-3-2-4-8-12-24/h5-6,9-10,17H,2-4,7-8,11-14H2,1H3/t17-/m1/s1. The van der Waals surface area contributed by atoms with Crippen molar-refractivity contribution in [2.75, 3.05) is 25.4 Å². The average molecular weight is 403 g/mol. The first kappa shape index (κ1) is 19.1. The molecule has 2 aliphatic heterocycles. The fraction of sp³-hybridized carbons (Fsp3) is 0.550. The summed E-state index contributed by atoms with van der Waals surface area (Å²) in [5, 5.41) is 9.28. The molecule has 1 amide bonds. The van der Waals surface area contributed by atoms with E-state index in [4.69, 9.17) is 9.47 Å². The highest BCUT2D eigenvalue weighted by Crippen LogP contribution is 2.35. The molecular weight excluding hydrogens is 376 g/mol. The van der Waals surface area contributed by atoms with Crippen molar-refractivity contribution < 1.29 is 14.3 Å². The molecule has 150 valence electrons. The molecule has 4 rings (SSSR count). The fourth-order valence-corrected chi connectivity index (χ4v) is 4.41. The lowest BCUT2D eigenvalue weighted by atomic mass is 10.1. The quantitative estimate of drug-likeness (QED) is 0.732. The molecule has 1 fully saturated rings. The van der Waals surface area contributed by atoms with Crippen LogP contribution in [-0.2, 0) is 11.8 Å². The van der Waals surface area contributed by atoms with Gasteiger partial charge in [0.2, 0.25) is 5.91 Å². The summed E-state index contributed by atoms with van der Waals surface area (Å²) in [6, 6.07) is 7.61. The molecule has 0 bridgehead atoms. The number of carbonyl (C=O) groups is 1. The minimum Gasteiger partial charge on any atom is -0.485 e. The number of hydrogen-bond donors (Lipinski definition) is 0. The fourth-order valence-electron chi connectivity index (χ4n) is 3.59. The van der Waals surface area contributed by atoms with Gasteiger partial charge >= 0.3 is 0 Å². The van der Waals surface area contributed by atoms with Crippen molar-refractivity contribution in [1.29, 1.82) is 0 Å². The highest BCUT2D eigenvalue weighted by molar-refractivity contribution is 7.99. The van der Waals surface area contributed by atoms with Gasteiger partial charge in [-0.2, -0.15) is 0 Å². The smallest absolute Gasteiger partial charge is 0.233 e. The Bertz CT molecular complexity index is 818. The Morgan fingerprint density at radius 1 is 1.11 bits per heavy atom. The average Bonchev–Trinajstić information content (AvgIpc) is 3.06. The van der Waals surface area contributed by atoms with Crippen molar-refractivity contribution in [3.8, 4) is 11.5 Å². The summed E-state index contributed by atoms with van der Waals surface area (Å²) in [5.74, 6) is 2.73. The lowest BCUT2D eigenvalue weighted by Crippen LogP contribution is -2.35. The number of rotatable bonds is 4. The van der Waals surface area contributed by atoms with E-state index in [1.54, 1.807) is 0 Å². The molecule has 1 atom stereocenters. The number of ether oxygens (including phenoxy) is 2. The van der Waals surface area contributed by atoms with E-state index in [1.165, 1.54) is 31.0 Å². The molecule has 0 spiro atoms. The van der Waals surface area contributed by atoms with Gasteiger partial charge in [-0.15, -0.1) is 10.2 Å². The minimum absolute atomic E-state index is 0.183. The topological polar surface area (TPSA) is 69.5 Å². The first-order valence-corrected chi connectivity index (χ1v) is 10.9. The van der Waals surface area contributed by atoms with Gasteiger partial charge in [-0.25, -0.2) is 0 Å². The van der Waals surface area contributed by atoms with Gasteiger partial charge in [-0.1, -0.05) is 43.2 Å². The summed E-state index contributed by atoms with van der Waals surface area (Å²) in [6.45, 7) is 2.13. The van der Waals surface area contributed by atoms with Crippen molar-refractivity contribution in [3.63, 3.8) is 0 Å². The maximum atomic E-state index is 12.6. The third-order valence-electron chi connectivity index (χ3n) is 5.20. The van der Waals surface area contributed by atoms with Crippen LogP contribution >= 0.6 is 11.8 Å². The molecule has 2 aromatic rings. The van der Waals surface area contributed by atoms with Crippen LogP contribution in [-0.4, -0.2) is 51.0 Å². The second kappa shape index (κ2) is 8.86. The van der Waals surface area contributed by atoms with E-state index in [2.05, 4.69) is 10.2 Å². The lowest BCUT2D eigenvalue weighted by molar-refractivity contribution is -0.128. The van der Waals surface area contributed by atoms with E-state index in [9.17, 15) is 4.79 Å². The van der Waals surface area contributed by atoms with E-state index in [0.717, 1.165) is 36.8 Å². The van der Waals surface area contributed by atoms with E-state index < -0.39 is 0 Å². The Morgan fingerprint density at radius 2 is 1.82 bits per heavy atom. The second-order valence-corrected chi connectivity index (χ2v) is 8.14. The van der Waals surface area contributed by atoms with Crippen molar-refractivity contribution >= 4 is 17.7 Å². The number of fused-ring (bicyclic) bond motifs is 1. The Labute approximate surface area is 169 Å². The van der Waals surface area contributed by atoms with Crippen LogP contribution in [0.4, 0.5) is 0 Å². The van der Waals surface area contributed by atoms with Crippen LogP contribution in [0, 0.1) is 0 Å². The highest BCUT2D eigenvalue weighted by atomic mass is 32.2. The zero-order valence-electron chi connectivity index (χ0n) is 16.2. The summed E-state index contributed by atoms with van der Waals surface area (Å²) < 4.78 is 13.7. The van der Waals surface area contributed by atoms with Gasteiger partial charge < -0.3 is 18.9 Å². The molecular formula is C20H26N4O3S. The lowest BCUT2D eigenvalue weighted by Gasteiger charge is -2.25. The summed E-state index contributed by atoms with van der Waals surface area (Å²) in [6.07, 6.45) is 5.62. The first-order chi connectivity index (χ1) is 13.7. The number of carbonyl (C=O) groups excluding carboxylic acids is 1. The Kier molecular flexibility index (Phi) is 6.04. The van der Waals surface area contributed by atoms with Crippen molar-refractivity contribution in [1.82, 2.24) is 19.7 Å². The third kappa shape index (κ3) is 4.27. The molecule has 0 unspecified atom stereocenters. The molecule has 7 nitrogen and oxygen atoms in total. The molecule has 8 heteroatoms. The third-order valence-corrected chi connectivity index (χ3v) is 6.20. The predicted octanol–water partition coefficient (Wildman–Crippen LogP) is 3.21. The zero-order chi connectivity index (χ0) is 19.3. The number of nitrogens with zero attached hydrogens (tertiary/aromatic N) is 4. The molecule has 1 aromatic heterocycles. The van der Waals surface area contributed by atoms with E-state index in [1.807, 2.05) is 40.8 Å². The van der Waals surface area contributed by atoms with Gasteiger partial charge in [0.15, 0.2) is 28.6 Å². The van der Waals surface area contributed by atoms with Crippen molar-refractivity contribution in [3.05, 3.63) is 30.1 Å². The molecule has 1 aromatic carbocycles. The maximum Gasteiger partial charge on any atom is 0.233 e. The van der Waals surface area contributed by atoms with Crippen molar-refractivity contribution in [2.24, 2.45) is 7.05 Å². The number of benzene rings is 1. The molecule has 3 heterocycles. The summed E-state index contributed by atoms with van der Waals surface area (Å²) >= 11 is 1.43. The number of hydrogen-bond acceptors (Lipinski definition) is 6. The van der Waals surface area contributed by atoms with Crippen LogP contribution in [0.5, 0.6) is 11.5 Å². The number of thioether (sulfide) groups is 1. The Balaban J connectivity index is 1.37. The minimum atomic E-state index is -0.313. The van der Waals surface area contributed by atoms with Gasteiger partial charge in [0.25, 0.3) is 0 Å². The van der Waals surface area contributed by atoms with E-state index in [-0.39, 0.29) is 12.0 Å². The number of amides is 1. The first-order valence-electron chi connectivity index (χ1n) is 9.91. The van der Waals surface area contributed by atoms with Gasteiger partial charge in [0.1, 0.15) is 6.61 Å². The summed E-state index contributed by atoms with van der Waals surface area (Å²) in [5.41, 5.74) is 0. The maximum absolute atomic E-state index is 12.6. The van der Waals surface area contributed by atoms with Crippen LogP contribution in [0.1, 0.15) is 44.0 Å². The molecule has 0 radical (unpaired) electrons. The van der Waals surface area contributed by atoms with Crippen LogP contribution in [0.3, 0.4) is 0 Å². The second-order valence-electron chi connectivity index (χ2n) is 7.20. The Hall–Kier alpha value is -2.22. The van der Waals surface area contributed by atoms with Crippen LogP contribution in [0.15, 0.2) is 29.4 Å². The molecule has 2 aliphatic rings. The van der Waals surface area contributed by atoms with Gasteiger partial charge in [-0.05, 0) is 25.0 Å². The molecule has 0 N–H and O–H groups in total. The number of likely N-dealkylation sites (tertiary alicyclic amines) is 1. The van der Waals surface area contributed by atoms with Gasteiger partial charge in [-0.3, -0.25) is 4.79 Å². The molecule has 28 heavy (non-hydrogen) atoms. The van der Waals surface area contributed by atoms with Gasteiger partial charge in [0.05, 0.1) is 5.75 Å². The number of para-hydroxylation sites is 2. The van der Waals surface area contributed by atoms with E-state index >= 15 is 0 Å². The predicted molar refractivity (Wildman–Crippen MR) is 107 cm³/mol.